The van der Waals surface area contributed by atoms with Crippen molar-refractivity contribution in [3.8, 4) is 0 Å². The molecule has 0 N–H and O–H groups in total. The van der Waals surface area contributed by atoms with E-state index in [0.29, 0.717) is 5.52 Å². The summed E-state index contributed by atoms with van der Waals surface area (Å²) in [4.78, 5) is 6.52. The monoisotopic (exact) mass is 457 g/mol. The highest BCUT2D eigenvalue weighted by Crippen LogP contribution is 2.38. The van der Waals surface area contributed by atoms with Gasteiger partial charge in [-0.1, -0.05) is 60.6 Å². The lowest BCUT2D eigenvalue weighted by Crippen LogP contribution is -2.43. The first-order valence-electron chi connectivity index (χ1n) is 10.4. The third kappa shape index (κ3) is 5.29. The molecule has 2 aromatic carbocycles. The van der Waals surface area contributed by atoms with E-state index < -0.39 is 11.6 Å². The zero-order chi connectivity index (χ0) is 22.0. The number of benzene rings is 2. The van der Waals surface area contributed by atoms with Gasteiger partial charge in [0.05, 0.1) is 22.7 Å². The van der Waals surface area contributed by atoms with E-state index in [0.717, 1.165) is 33.6 Å². The maximum atomic E-state index is 14.3. The second-order valence-corrected chi connectivity index (χ2v) is 9.53. The molecule has 0 amide bonds. The number of hydrogen-bond donors (Lipinski definition) is 0. The van der Waals surface area contributed by atoms with Crippen LogP contribution >= 0.6 is 23.4 Å². The van der Waals surface area contributed by atoms with Gasteiger partial charge in [-0.05, 0) is 44.5 Å². The van der Waals surface area contributed by atoms with Crippen molar-refractivity contribution in [1.82, 2.24) is 4.98 Å². The Balaban J connectivity index is 1.73. The number of nitrogens with zero attached hydrogens (tertiary/aromatic N) is 1. The first kappa shape index (κ1) is 22.3. The van der Waals surface area contributed by atoms with E-state index in [1.807, 2.05) is 50.3 Å². The molecule has 0 spiro atoms. The van der Waals surface area contributed by atoms with Crippen molar-refractivity contribution in [2.24, 2.45) is 0 Å². The van der Waals surface area contributed by atoms with Gasteiger partial charge in [-0.2, -0.15) is 0 Å². The highest BCUT2D eigenvalue weighted by molar-refractivity contribution is 7.99. The molecule has 1 saturated heterocycles. The number of halogens is 2. The summed E-state index contributed by atoms with van der Waals surface area (Å²) >= 11 is 7.58. The van der Waals surface area contributed by atoms with Crippen LogP contribution in [0.2, 0.25) is 5.02 Å². The summed E-state index contributed by atoms with van der Waals surface area (Å²) < 4.78 is 26.4. The predicted octanol–water partition coefficient (Wildman–Crippen LogP) is 7.51. The fourth-order valence-electron chi connectivity index (χ4n) is 3.75. The van der Waals surface area contributed by atoms with Crippen LogP contribution in [0.25, 0.3) is 17.0 Å². The molecular weight excluding hydrogens is 433 g/mol. The lowest BCUT2D eigenvalue weighted by Gasteiger charge is -2.39. The van der Waals surface area contributed by atoms with E-state index in [1.165, 1.54) is 6.07 Å². The molecule has 2 heterocycles. The average molecular weight is 458 g/mol. The summed E-state index contributed by atoms with van der Waals surface area (Å²) in [7, 11) is 0. The van der Waals surface area contributed by atoms with Gasteiger partial charge in [0.2, 0.25) is 0 Å². The van der Waals surface area contributed by atoms with Gasteiger partial charge in [-0.25, -0.2) is 4.39 Å². The van der Waals surface area contributed by atoms with Gasteiger partial charge in [0.25, 0.3) is 0 Å². The minimum atomic E-state index is -0.628. The molecule has 1 aliphatic rings. The number of ether oxygens (including phenoxy) is 2. The number of fused-ring (bicyclic) bond motifs is 1. The molecule has 6 heteroatoms. The van der Waals surface area contributed by atoms with Crippen LogP contribution in [0.3, 0.4) is 0 Å². The maximum Gasteiger partial charge on any atom is 0.163 e. The van der Waals surface area contributed by atoms with Crippen LogP contribution in [0.4, 0.5) is 4.39 Å². The molecule has 3 nitrogen and oxygen atoms in total. The maximum absolute atomic E-state index is 14.3. The number of rotatable bonds is 5. The molecule has 0 saturated carbocycles. The molecule has 4 rings (SSSR count). The SMILES string of the molecule is CC[C@H]1C[C@@H](/C=C/c2cnc3cc(Cl)c(F)cc3c2Sc2ccccc2)OC(C)(C)O1. The Morgan fingerprint density at radius 3 is 2.74 bits per heavy atom. The standard InChI is InChI=1S/C25H25ClFNO2S/c1-4-17-12-18(30-25(2,3)29-17)11-10-16-15-28-23-14-21(26)22(27)13-20(23)24(16)31-19-8-6-5-7-9-19/h5-11,13-15,17-18H,4,12H2,1-3H3/b11-10+/t17-,18+/m0/s1. The second kappa shape index (κ2) is 9.29. The molecule has 1 aromatic heterocycles. The lowest BCUT2D eigenvalue weighted by atomic mass is 10.0. The summed E-state index contributed by atoms with van der Waals surface area (Å²) in [5.74, 6) is -1.08. The quantitative estimate of drug-likeness (QED) is 0.396. The number of aromatic nitrogens is 1. The third-order valence-corrected chi connectivity index (χ3v) is 6.64. The van der Waals surface area contributed by atoms with Crippen LogP contribution in [0, 0.1) is 5.82 Å². The topological polar surface area (TPSA) is 31.4 Å². The number of hydrogen-bond acceptors (Lipinski definition) is 4. The van der Waals surface area contributed by atoms with Gasteiger partial charge in [0.15, 0.2) is 5.79 Å². The fraction of sp³-hybridized carbons (Fsp3) is 0.320. The largest absolute Gasteiger partial charge is 0.347 e. The van der Waals surface area contributed by atoms with Gasteiger partial charge < -0.3 is 9.47 Å². The Morgan fingerprint density at radius 1 is 1.23 bits per heavy atom. The summed E-state index contributed by atoms with van der Waals surface area (Å²) in [6.45, 7) is 6.00. The van der Waals surface area contributed by atoms with Crippen molar-refractivity contribution in [2.75, 3.05) is 0 Å². The zero-order valence-corrected chi connectivity index (χ0v) is 19.3. The van der Waals surface area contributed by atoms with E-state index in [-0.39, 0.29) is 17.2 Å². The van der Waals surface area contributed by atoms with Crippen LogP contribution in [0.5, 0.6) is 0 Å². The van der Waals surface area contributed by atoms with Gasteiger partial charge in [-0.15, -0.1) is 0 Å². The molecule has 3 aromatic rings. The van der Waals surface area contributed by atoms with Crippen LogP contribution in [-0.4, -0.2) is 23.0 Å². The zero-order valence-electron chi connectivity index (χ0n) is 17.8. The highest BCUT2D eigenvalue weighted by Gasteiger charge is 2.33. The Hall–Kier alpha value is -1.92. The Morgan fingerprint density at radius 2 is 2.00 bits per heavy atom. The smallest absolute Gasteiger partial charge is 0.163 e. The van der Waals surface area contributed by atoms with Crippen LogP contribution < -0.4 is 0 Å². The second-order valence-electron chi connectivity index (χ2n) is 8.04. The Labute approximate surface area is 191 Å². The minimum Gasteiger partial charge on any atom is -0.347 e. The molecule has 0 unspecified atom stereocenters. The Bertz CT molecular complexity index is 1100. The Kier molecular flexibility index (Phi) is 6.68. The van der Waals surface area contributed by atoms with Crippen molar-refractivity contribution < 1.29 is 13.9 Å². The van der Waals surface area contributed by atoms with Crippen LogP contribution in [0.1, 0.15) is 39.2 Å². The summed E-state index contributed by atoms with van der Waals surface area (Å²) in [5, 5.41) is 0.806. The van der Waals surface area contributed by atoms with Crippen molar-refractivity contribution in [1.29, 1.82) is 0 Å². The highest BCUT2D eigenvalue weighted by atomic mass is 35.5. The van der Waals surface area contributed by atoms with E-state index in [9.17, 15) is 4.39 Å². The van der Waals surface area contributed by atoms with E-state index >= 15 is 0 Å². The average Bonchev–Trinajstić information content (AvgIpc) is 2.74. The summed E-state index contributed by atoms with van der Waals surface area (Å²) in [6, 6.07) is 13.1. The lowest BCUT2D eigenvalue weighted by molar-refractivity contribution is -0.290. The van der Waals surface area contributed by atoms with Gasteiger partial charge in [0.1, 0.15) is 5.82 Å². The molecule has 31 heavy (non-hydrogen) atoms. The van der Waals surface area contributed by atoms with Gasteiger partial charge in [0, 0.05) is 33.4 Å². The molecular formula is C25H25ClFNO2S. The first-order valence-corrected chi connectivity index (χ1v) is 11.6. The van der Waals surface area contributed by atoms with Crippen LogP contribution in [-0.2, 0) is 9.47 Å². The van der Waals surface area contributed by atoms with Crippen molar-refractivity contribution in [3.05, 3.63) is 71.1 Å². The molecule has 0 bridgehead atoms. The van der Waals surface area contributed by atoms with E-state index in [4.69, 9.17) is 21.1 Å². The fourth-order valence-corrected chi connectivity index (χ4v) is 4.94. The summed E-state index contributed by atoms with van der Waals surface area (Å²) in [6.07, 6.45) is 7.69. The van der Waals surface area contributed by atoms with Gasteiger partial charge in [-0.3, -0.25) is 4.98 Å². The minimum absolute atomic E-state index is 0.0686. The van der Waals surface area contributed by atoms with E-state index in [1.54, 1.807) is 24.0 Å². The molecule has 2 atom stereocenters. The summed E-state index contributed by atoms with van der Waals surface area (Å²) in [5.41, 5.74) is 1.57. The molecule has 162 valence electrons. The molecule has 1 aliphatic heterocycles. The first-order chi connectivity index (χ1) is 14.8. The van der Waals surface area contributed by atoms with Crippen molar-refractivity contribution in [2.45, 2.75) is 61.4 Å². The van der Waals surface area contributed by atoms with Crippen molar-refractivity contribution >= 4 is 40.3 Å². The molecule has 0 radical (unpaired) electrons. The van der Waals surface area contributed by atoms with E-state index in [2.05, 4.69) is 18.0 Å². The van der Waals surface area contributed by atoms with Crippen LogP contribution in [0.15, 0.2) is 64.5 Å². The van der Waals surface area contributed by atoms with Crippen molar-refractivity contribution in [3.63, 3.8) is 0 Å². The van der Waals surface area contributed by atoms with Gasteiger partial charge >= 0.3 is 0 Å². The number of pyridine rings is 1. The molecule has 1 fully saturated rings. The third-order valence-electron chi connectivity index (χ3n) is 5.18. The normalized spacial score (nSPS) is 21.1. The predicted molar refractivity (Wildman–Crippen MR) is 125 cm³/mol. The molecule has 0 aliphatic carbocycles.